The molecule has 5 atom stereocenters. The second-order valence-corrected chi connectivity index (χ2v) is 8.17. The summed E-state index contributed by atoms with van der Waals surface area (Å²) in [5, 5.41) is 70.2. The van der Waals surface area contributed by atoms with Crippen molar-refractivity contribution in [1.29, 1.82) is 0 Å². The first-order chi connectivity index (χ1) is 16.9. The van der Waals surface area contributed by atoms with Crippen molar-refractivity contribution in [2.45, 2.75) is 44.6 Å². The quantitative estimate of drug-likeness (QED) is 0.192. The van der Waals surface area contributed by atoms with Crippen LogP contribution in [0.25, 0.3) is 22.3 Å². The largest absolute Gasteiger partial charge is 0.508 e. The minimum absolute atomic E-state index is 0.184. The maximum absolute atomic E-state index is 13.4. The normalized spacial score (nSPS) is 23.9. The highest BCUT2D eigenvalue weighted by Gasteiger charge is 2.46. The molecule has 0 amide bonds. The third kappa shape index (κ3) is 4.30. The highest BCUT2D eigenvalue weighted by molar-refractivity contribution is 5.88. The molecule has 1 aliphatic rings. The van der Waals surface area contributed by atoms with Crippen LogP contribution in [0.3, 0.4) is 0 Å². The molecule has 0 aliphatic carbocycles. The van der Waals surface area contributed by atoms with E-state index in [1.807, 2.05) is 0 Å². The van der Waals surface area contributed by atoms with Crippen LogP contribution in [0.2, 0.25) is 0 Å². The van der Waals surface area contributed by atoms with Crippen molar-refractivity contribution in [2.24, 2.45) is 0 Å². The number of aliphatic hydroxyl groups excluding tert-OH is 2. The molecular weight excluding hydrogens is 484 g/mol. The molecular formula is C23H22O13. The van der Waals surface area contributed by atoms with Crippen molar-refractivity contribution in [3.63, 3.8) is 0 Å². The molecule has 0 saturated carbocycles. The third-order valence-electron chi connectivity index (χ3n) is 5.56. The summed E-state index contributed by atoms with van der Waals surface area (Å²) in [4.78, 5) is 24.7. The van der Waals surface area contributed by atoms with Crippen LogP contribution in [-0.4, -0.2) is 72.4 Å². The standard InChI is InChI=1S/C23H22O13/c1-7-20(34-8(2)24)18(31)19(32)23(33-7)36-22-17(30)15-11(26)5-10(25)6-14(15)35-21(22)9-3-12(27)16(29)13(28)4-9/h3-7,18-20,23,25-29,31-32H,1-2H3/t7-,18-,19+,20-,23-/m0/s1. The fourth-order valence-electron chi connectivity index (χ4n) is 3.87. The number of esters is 1. The van der Waals surface area contributed by atoms with E-state index in [1.165, 1.54) is 6.92 Å². The number of aromatic hydroxyl groups is 5. The van der Waals surface area contributed by atoms with Crippen LogP contribution in [-0.2, 0) is 14.3 Å². The molecule has 0 spiro atoms. The lowest BCUT2D eigenvalue weighted by atomic mass is 9.99. The van der Waals surface area contributed by atoms with Gasteiger partial charge < -0.3 is 54.4 Å². The molecule has 7 N–H and O–H groups in total. The van der Waals surface area contributed by atoms with Crippen LogP contribution < -0.4 is 10.2 Å². The summed E-state index contributed by atoms with van der Waals surface area (Å²) in [5.41, 5.74) is -1.49. The second kappa shape index (κ2) is 9.11. The van der Waals surface area contributed by atoms with Gasteiger partial charge >= 0.3 is 5.97 Å². The zero-order valence-electron chi connectivity index (χ0n) is 18.8. The van der Waals surface area contributed by atoms with Crippen LogP contribution in [0.4, 0.5) is 0 Å². The van der Waals surface area contributed by atoms with Gasteiger partial charge in [0.2, 0.25) is 17.5 Å². The minimum atomic E-state index is -1.83. The number of carbonyl (C=O) groups excluding carboxylic acids is 1. The maximum Gasteiger partial charge on any atom is 0.303 e. The average Bonchev–Trinajstić information content (AvgIpc) is 2.79. The van der Waals surface area contributed by atoms with Crippen LogP contribution >= 0.6 is 0 Å². The monoisotopic (exact) mass is 506 g/mol. The molecule has 192 valence electrons. The van der Waals surface area contributed by atoms with Crippen LogP contribution in [0, 0.1) is 0 Å². The van der Waals surface area contributed by atoms with E-state index in [4.69, 9.17) is 18.6 Å². The fraction of sp³-hybridized carbons (Fsp3) is 0.304. The van der Waals surface area contributed by atoms with Gasteiger partial charge in [0.25, 0.3) is 0 Å². The number of benzene rings is 2. The summed E-state index contributed by atoms with van der Waals surface area (Å²) in [6.07, 6.45) is -7.46. The Hall–Kier alpha value is -4.20. The van der Waals surface area contributed by atoms with Crippen molar-refractivity contribution in [3.05, 3.63) is 34.5 Å². The smallest absolute Gasteiger partial charge is 0.303 e. The molecule has 0 bridgehead atoms. The molecule has 2 heterocycles. The minimum Gasteiger partial charge on any atom is -0.508 e. The second-order valence-electron chi connectivity index (χ2n) is 8.17. The average molecular weight is 506 g/mol. The van der Waals surface area contributed by atoms with E-state index in [2.05, 4.69) is 0 Å². The Morgan fingerprint density at radius 3 is 2.19 bits per heavy atom. The number of carbonyl (C=O) groups is 1. The number of rotatable bonds is 4. The van der Waals surface area contributed by atoms with Crippen molar-refractivity contribution < 1.29 is 59.2 Å². The van der Waals surface area contributed by atoms with Crippen molar-refractivity contribution in [3.8, 4) is 45.8 Å². The predicted octanol–water partition coefficient (Wildman–Crippen LogP) is 0.765. The summed E-state index contributed by atoms with van der Waals surface area (Å²) in [6, 6.07) is 3.76. The van der Waals surface area contributed by atoms with Gasteiger partial charge in [-0.3, -0.25) is 9.59 Å². The molecule has 2 aromatic carbocycles. The molecule has 0 unspecified atom stereocenters. The first-order valence-electron chi connectivity index (χ1n) is 10.5. The number of aliphatic hydroxyl groups is 2. The highest BCUT2D eigenvalue weighted by atomic mass is 16.7. The Morgan fingerprint density at radius 2 is 1.58 bits per heavy atom. The van der Waals surface area contributed by atoms with Crippen LogP contribution in [0.5, 0.6) is 34.5 Å². The lowest BCUT2D eigenvalue weighted by molar-refractivity contribution is -0.272. The number of fused-ring (bicyclic) bond motifs is 1. The van der Waals surface area contributed by atoms with E-state index >= 15 is 0 Å². The molecule has 1 aliphatic heterocycles. The molecule has 36 heavy (non-hydrogen) atoms. The van der Waals surface area contributed by atoms with Gasteiger partial charge in [0, 0.05) is 24.6 Å². The number of phenolic OH excluding ortho intramolecular Hbond substituents is 5. The Morgan fingerprint density at radius 1 is 0.944 bits per heavy atom. The van der Waals surface area contributed by atoms with Crippen LogP contribution in [0.1, 0.15) is 13.8 Å². The van der Waals surface area contributed by atoms with Gasteiger partial charge in [-0.25, -0.2) is 0 Å². The summed E-state index contributed by atoms with van der Waals surface area (Å²) in [6.45, 7) is 2.53. The maximum atomic E-state index is 13.4. The molecule has 3 aromatic rings. The Kier molecular flexibility index (Phi) is 6.30. The van der Waals surface area contributed by atoms with E-state index in [-0.39, 0.29) is 11.1 Å². The number of phenols is 5. The van der Waals surface area contributed by atoms with Crippen molar-refractivity contribution in [2.75, 3.05) is 0 Å². The molecule has 13 heteroatoms. The van der Waals surface area contributed by atoms with Crippen LogP contribution in [0.15, 0.2) is 33.5 Å². The number of hydrogen-bond acceptors (Lipinski definition) is 13. The molecule has 0 radical (unpaired) electrons. The molecule has 1 aromatic heterocycles. The van der Waals surface area contributed by atoms with E-state index in [0.29, 0.717) is 0 Å². The Balaban J connectivity index is 1.87. The van der Waals surface area contributed by atoms with Gasteiger partial charge in [-0.05, 0) is 19.1 Å². The van der Waals surface area contributed by atoms with Gasteiger partial charge in [0.15, 0.2) is 29.1 Å². The van der Waals surface area contributed by atoms with E-state index in [0.717, 1.165) is 31.2 Å². The molecule has 1 fully saturated rings. The predicted molar refractivity (Wildman–Crippen MR) is 119 cm³/mol. The Bertz CT molecular complexity index is 1370. The zero-order valence-corrected chi connectivity index (χ0v) is 18.8. The van der Waals surface area contributed by atoms with E-state index < -0.39 is 87.7 Å². The zero-order chi connectivity index (χ0) is 26.5. The molecule has 1 saturated heterocycles. The lowest BCUT2D eigenvalue weighted by Crippen LogP contribution is -2.59. The SMILES string of the molecule is CC(=O)O[C@@H]1[C@@H](O)[C@@H](O)[C@H](Oc2c(-c3cc(O)c(O)c(O)c3)oc3cc(O)cc(O)c3c2=O)O[C@H]1C. The van der Waals surface area contributed by atoms with Gasteiger partial charge in [-0.15, -0.1) is 0 Å². The van der Waals surface area contributed by atoms with Gasteiger partial charge in [0.05, 0.1) is 6.10 Å². The highest BCUT2D eigenvalue weighted by Crippen LogP contribution is 2.43. The van der Waals surface area contributed by atoms with Crippen molar-refractivity contribution >= 4 is 16.9 Å². The van der Waals surface area contributed by atoms with E-state index in [9.17, 15) is 45.3 Å². The first-order valence-corrected chi connectivity index (χ1v) is 10.5. The molecule has 13 nitrogen and oxygen atoms in total. The summed E-state index contributed by atoms with van der Waals surface area (Å²) < 4.78 is 21.8. The fourth-order valence-corrected chi connectivity index (χ4v) is 3.87. The summed E-state index contributed by atoms with van der Waals surface area (Å²) >= 11 is 0. The van der Waals surface area contributed by atoms with E-state index in [1.54, 1.807) is 0 Å². The van der Waals surface area contributed by atoms with Gasteiger partial charge in [0.1, 0.15) is 34.7 Å². The summed E-state index contributed by atoms with van der Waals surface area (Å²) in [7, 11) is 0. The summed E-state index contributed by atoms with van der Waals surface area (Å²) in [5.74, 6) is -5.38. The number of hydrogen-bond donors (Lipinski definition) is 7. The van der Waals surface area contributed by atoms with Gasteiger partial charge in [-0.1, -0.05) is 0 Å². The topological polar surface area (TPSA) is 217 Å². The van der Waals surface area contributed by atoms with Crippen molar-refractivity contribution in [1.82, 2.24) is 0 Å². The Labute approximate surface area is 201 Å². The lowest BCUT2D eigenvalue weighted by Gasteiger charge is -2.40. The third-order valence-corrected chi connectivity index (χ3v) is 5.56. The molecule has 4 rings (SSSR count). The first kappa shape index (κ1) is 24.9. The van der Waals surface area contributed by atoms with Gasteiger partial charge in [-0.2, -0.15) is 0 Å². The number of ether oxygens (including phenoxy) is 3.